The first-order valence-electron chi connectivity index (χ1n) is 10.8. The van der Waals surface area contributed by atoms with Crippen LogP contribution < -0.4 is 10.9 Å². The Morgan fingerprint density at radius 2 is 1.84 bits per heavy atom. The van der Waals surface area contributed by atoms with Crippen LogP contribution in [0.5, 0.6) is 0 Å². The zero-order chi connectivity index (χ0) is 22.1. The lowest BCUT2D eigenvalue weighted by Crippen LogP contribution is -2.32. The zero-order valence-electron chi connectivity index (χ0n) is 17.8. The maximum atomic E-state index is 12.5. The lowest BCUT2D eigenvalue weighted by atomic mass is 9.82. The lowest BCUT2D eigenvalue weighted by Gasteiger charge is -2.26. The predicted octanol–water partition coefficient (Wildman–Crippen LogP) is 4.10. The quantitative estimate of drug-likeness (QED) is 0.576. The number of nitrogens with one attached hydrogen (secondary N) is 1. The van der Waals surface area contributed by atoms with Gasteiger partial charge in [-0.1, -0.05) is 0 Å². The molecule has 2 heterocycles. The summed E-state index contributed by atoms with van der Waals surface area (Å²) in [6.45, 7) is 4.40. The van der Waals surface area contributed by atoms with E-state index in [0.717, 1.165) is 34.7 Å². The summed E-state index contributed by atoms with van der Waals surface area (Å²) >= 11 is 0. The molecule has 1 saturated carbocycles. The van der Waals surface area contributed by atoms with Gasteiger partial charge in [-0.3, -0.25) is 9.59 Å². The topological polar surface area (TPSA) is 110 Å². The second-order valence-electron chi connectivity index (χ2n) is 8.62. The summed E-state index contributed by atoms with van der Waals surface area (Å²) in [6.07, 6.45) is 5.14. The van der Waals surface area contributed by atoms with Crippen LogP contribution in [0.4, 0.5) is 0 Å². The van der Waals surface area contributed by atoms with Crippen LogP contribution in [0.15, 0.2) is 32.0 Å². The van der Waals surface area contributed by atoms with E-state index >= 15 is 0 Å². The Kier molecular flexibility index (Phi) is 5.85. The van der Waals surface area contributed by atoms with Crippen LogP contribution in [-0.2, 0) is 16.0 Å². The summed E-state index contributed by atoms with van der Waals surface area (Å²) < 4.78 is 11.0. The number of furan rings is 1. The number of rotatable bonds is 6. The fraction of sp³-hybridized carbons (Fsp3) is 0.458. The monoisotopic (exact) mass is 425 g/mol. The molecular weight excluding hydrogens is 398 g/mol. The van der Waals surface area contributed by atoms with Gasteiger partial charge in [-0.15, -0.1) is 0 Å². The van der Waals surface area contributed by atoms with Gasteiger partial charge in [0.25, 0.3) is 0 Å². The van der Waals surface area contributed by atoms with Gasteiger partial charge in [0.15, 0.2) is 0 Å². The number of hydrogen-bond acceptors (Lipinski definition) is 5. The zero-order valence-corrected chi connectivity index (χ0v) is 17.8. The Labute approximate surface area is 179 Å². The summed E-state index contributed by atoms with van der Waals surface area (Å²) in [6, 6.07) is 3.71. The molecule has 0 saturated heterocycles. The van der Waals surface area contributed by atoms with Gasteiger partial charge < -0.3 is 19.3 Å². The Bertz CT molecular complexity index is 1200. The molecule has 0 unspecified atom stereocenters. The van der Waals surface area contributed by atoms with E-state index < -0.39 is 11.6 Å². The summed E-state index contributed by atoms with van der Waals surface area (Å²) in [5, 5.41) is 13.8. The van der Waals surface area contributed by atoms with Gasteiger partial charge in [-0.05, 0) is 69.1 Å². The van der Waals surface area contributed by atoms with E-state index in [1.807, 2.05) is 19.9 Å². The fourth-order valence-corrected chi connectivity index (χ4v) is 4.52. The molecule has 0 aliphatic heterocycles. The van der Waals surface area contributed by atoms with Crippen molar-refractivity contribution >= 4 is 33.8 Å². The maximum absolute atomic E-state index is 12.5. The number of carbonyl (C=O) groups excluding carboxylic acids is 1. The number of amides is 1. The average molecular weight is 425 g/mol. The van der Waals surface area contributed by atoms with E-state index in [-0.39, 0.29) is 18.2 Å². The van der Waals surface area contributed by atoms with Gasteiger partial charge in [0.2, 0.25) is 5.91 Å². The van der Waals surface area contributed by atoms with Crippen LogP contribution in [0.3, 0.4) is 0 Å². The van der Waals surface area contributed by atoms with Crippen molar-refractivity contribution in [2.45, 2.75) is 52.4 Å². The van der Waals surface area contributed by atoms with Gasteiger partial charge in [0.1, 0.15) is 11.2 Å². The summed E-state index contributed by atoms with van der Waals surface area (Å²) in [7, 11) is 0. The standard InChI is InChI=1S/C24H27NO6/c1-13-12-30-20-10-21-19(9-18(13)20)14(2)17(24(29)31-21)7-8-22(26)25-11-15-3-5-16(6-4-15)23(27)28/h9-10,12,15-16H,3-8,11H2,1-2H3,(H,25,26)(H,27,28). The number of carbonyl (C=O) groups is 2. The van der Waals surface area contributed by atoms with Crippen LogP contribution in [-0.4, -0.2) is 23.5 Å². The molecule has 0 spiro atoms. The third-order valence-electron chi connectivity index (χ3n) is 6.56. The molecule has 0 bridgehead atoms. The second-order valence-corrected chi connectivity index (χ2v) is 8.62. The van der Waals surface area contributed by atoms with E-state index in [1.165, 1.54) is 0 Å². The van der Waals surface area contributed by atoms with Gasteiger partial charge in [0, 0.05) is 35.4 Å². The van der Waals surface area contributed by atoms with Crippen LogP contribution in [0.25, 0.3) is 21.9 Å². The highest BCUT2D eigenvalue weighted by Gasteiger charge is 2.26. The minimum Gasteiger partial charge on any atom is -0.481 e. The highest BCUT2D eigenvalue weighted by molar-refractivity contribution is 5.96. The molecule has 3 aromatic rings. The van der Waals surface area contributed by atoms with Crippen LogP contribution in [0.2, 0.25) is 0 Å². The highest BCUT2D eigenvalue weighted by Crippen LogP contribution is 2.30. The van der Waals surface area contributed by atoms with Crippen molar-refractivity contribution in [2.75, 3.05) is 6.54 Å². The molecule has 7 heteroatoms. The maximum Gasteiger partial charge on any atom is 0.339 e. The van der Waals surface area contributed by atoms with Crippen molar-refractivity contribution < 1.29 is 23.5 Å². The molecule has 0 atom stereocenters. The normalized spacial score (nSPS) is 19.0. The predicted molar refractivity (Wildman–Crippen MR) is 116 cm³/mol. The van der Waals surface area contributed by atoms with Crippen molar-refractivity contribution in [1.82, 2.24) is 5.32 Å². The van der Waals surface area contributed by atoms with E-state index in [4.69, 9.17) is 13.9 Å². The SMILES string of the molecule is Cc1coc2cc3oc(=O)c(CCC(=O)NCC4CCC(C(=O)O)CC4)c(C)c3cc12. The molecule has 1 aliphatic rings. The van der Waals surface area contributed by atoms with Crippen molar-refractivity contribution in [3.05, 3.63) is 45.5 Å². The van der Waals surface area contributed by atoms with Crippen LogP contribution >= 0.6 is 0 Å². The number of fused-ring (bicyclic) bond motifs is 2. The summed E-state index contributed by atoms with van der Waals surface area (Å²) in [5.74, 6) is -0.780. The number of carboxylic acids is 1. The van der Waals surface area contributed by atoms with Crippen molar-refractivity contribution in [2.24, 2.45) is 11.8 Å². The van der Waals surface area contributed by atoms with E-state index in [1.54, 1.807) is 12.3 Å². The molecule has 1 amide bonds. The highest BCUT2D eigenvalue weighted by atomic mass is 16.4. The third kappa shape index (κ3) is 4.36. The molecule has 2 N–H and O–H groups in total. The summed E-state index contributed by atoms with van der Waals surface area (Å²) in [5.41, 5.74) is 3.10. The molecule has 1 aliphatic carbocycles. The summed E-state index contributed by atoms with van der Waals surface area (Å²) in [4.78, 5) is 35.9. The van der Waals surface area contributed by atoms with Gasteiger partial charge in [-0.25, -0.2) is 4.79 Å². The van der Waals surface area contributed by atoms with Gasteiger partial charge in [0.05, 0.1) is 12.2 Å². The first-order valence-corrected chi connectivity index (χ1v) is 10.8. The fourth-order valence-electron chi connectivity index (χ4n) is 4.52. The molecular formula is C24H27NO6. The van der Waals surface area contributed by atoms with Gasteiger partial charge >= 0.3 is 11.6 Å². The average Bonchev–Trinajstić information content (AvgIpc) is 3.11. The van der Waals surface area contributed by atoms with Crippen molar-refractivity contribution in [1.29, 1.82) is 0 Å². The smallest absolute Gasteiger partial charge is 0.339 e. The molecule has 7 nitrogen and oxygen atoms in total. The van der Waals surface area contributed by atoms with Gasteiger partial charge in [-0.2, -0.15) is 0 Å². The van der Waals surface area contributed by atoms with E-state index in [2.05, 4.69) is 5.32 Å². The first kappa shape index (κ1) is 21.2. The number of aryl methyl sites for hydroxylation is 2. The third-order valence-corrected chi connectivity index (χ3v) is 6.56. The largest absolute Gasteiger partial charge is 0.481 e. The second kappa shape index (κ2) is 8.57. The van der Waals surface area contributed by atoms with Crippen LogP contribution in [0, 0.1) is 25.7 Å². The Morgan fingerprint density at radius 1 is 1.10 bits per heavy atom. The molecule has 31 heavy (non-hydrogen) atoms. The molecule has 1 fully saturated rings. The Morgan fingerprint density at radius 3 is 2.55 bits per heavy atom. The Hall–Kier alpha value is -3.09. The molecule has 2 aromatic heterocycles. The number of aliphatic carboxylic acids is 1. The first-order chi connectivity index (χ1) is 14.8. The molecule has 1 aromatic carbocycles. The molecule has 164 valence electrons. The Balaban J connectivity index is 1.40. The minimum atomic E-state index is -0.726. The number of benzene rings is 1. The molecule has 0 radical (unpaired) electrons. The number of hydrogen-bond donors (Lipinski definition) is 2. The number of carboxylic acid groups (broad SMARTS) is 1. The lowest BCUT2D eigenvalue weighted by molar-refractivity contribution is -0.143. The van der Waals surface area contributed by atoms with Crippen LogP contribution in [0.1, 0.15) is 48.8 Å². The minimum absolute atomic E-state index is 0.111. The molecule has 4 rings (SSSR count). The van der Waals surface area contributed by atoms with E-state index in [0.29, 0.717) is 48.5 Å². The van der Waals surface area contributed by atoms with Crippen molar-refractivity contribution in [3.63, 3.8) is 0 Å². The van der Waals surface area contributed by atoms with Crippen molar-refractivity contribution in [3.8, 4) is 0 Å². The van der Waals surface area contributed by atoms with E-state index in [9.17, 15) is 14.4 Å².